The van der Waals surface area contributed by atoms with Gasteiger partial charge in [-0.1, -0.05) is 54.1 Å². The number of amides is 1. The largest absolute Gasteiger partial charge is 0.387 e. The summed E-state index contributed by atoms with van der Waals surface area (Å²) in [6.07, 6.45) is 4.19. The lowest BCUT2D eigenvalue weighted by Crippen LogP contribution is -2.32. The zero-order valence-corrected chi connectivity index (χ0v) is 11.8. The van der Waals surface area contributed by atoms with Gasteiger partial charge in [0.2, 0.25) is 5.91 Å². The van der Waals surface area contributed by atoms with Crippen LogP contribution in [0.3, 0.4) is 0 Å². The van der Waals surface area contributed by atoms with Gasteiger partial charge in [0.25, 0.3) is 0 Å². The molecule has 102 valence electrons. The van der Waals surface area contributed by atoms with Crippen LogP contribution >= 0.6 is 23.2 Å². The van der Waals surface area contributed by atoms with Crippen molar-refractivity contribution < 1.29 is 9.90 Å². The minimum Gasteiger partial charge on any atom is -0.387 e. The molecule has 0 saturated heterocycles. The molecule has 0 aliphatic heterocycles. The van der Waals surface area contributed by atoms with E-state index < -0.39 is 6.10 Å². The van der Waals surface area contributed by atoms with E-state index in [9.17, 15) is 9.90 Å². The normalized spacial score (nSPS) is 12.4. The second-order valence-corrected chi connectivity index (χ2v) is 4.73. The molecule has 1 atom stereocenters. The van der Waals surface area contributed by atoms with Gasteiger partial charge >= 0.3 is 0 Å². The van der Waals surface area contributed by atoms with Crippen LogP contribution in [0.25, 0.3) is 0 Å². The van der Waals surface area contributed by atoms with Gasteiger partial charge in [-0.2, -0.15) is 0 Å². The Morgan fingerprint density at radius 1 is 1.42 bits per heavy atom. The average molecular weight is 300 g/mol. The lowest BCUT2D eigenvalue weighted by Gasteiger charge is -2.08. The Morgan fingerprint density at radius 2 is 2.16 bits per heavy atom. The molecule has 0 saturated carbocycles. The standard InChI is InChI=1S/C14H15Cl2NO2/c1-2-3-4-11(18)9-17-14(19)8-10-5-6-12(15)13(16)7-10/h2-7,11,18H,1,8-9H2,(H,17,19)/b4-3+. The van der Waals surface area contributed by atoms with E-state index in [-0.39, 0.29) is 18.9 Å². The molecule has 0 heterocycles. The summed E-state index contributed by atoms with van der Waals surface area (Å²) in [6, 6.07) is 5.04. The summed E-state index contributed by atoms with van der Waals surface area (Å²) in [5.41, 5.74) is 0.767. The molecule has 0 bridgehead atoms. The molecule has 5 heteroatoms. The van der Waals surface area contributed by atoms with Gasteiger partial charge in [0.15, 0.2) is 0 Å². The number of rotatable bonds is 6. The number of hydrogen-bond donors (Lipinski definition) is 2. The first-order valence-corrected chi connectivity index (χ1v) is 6.46. The molecule has 0 radical (unpaired) electrons. The number of halogens is 2. The Balaban J connectivity index is 2.44. The van der Waals surface area contributed by atoms with Crippen molar-refractivity contribution in [2.45, 2.75) is 12.5 Å². The van der Waals surface area contributed by atoms with Gasteiger partial charge in [-0.25, -0.2) is 0 Å². The molecule has 0 aliphatic rings. The smallest absolute Gasteiger partial charge is 0.224 e. The summed E-state index contributed by atoms with van der Waals surface area (Å²) in [6.45, 7) is 3.65. The highest BCUT2D eigenvalue weighted by atomic mass is 35.5. The zero-order chi connectivity index (χ0) is 14.3. The number of nitrogens with one attached hydrogen (secondary N) is 1. The zero-order valence-electron chi connectivity index (χ0n) is 10.3. The van der Waals surface area contributed by atoms with Crippen LogP contribution in [0.2, 0.25) is 10.0 Å². The number of allylic oxidation sites excluding steroid dienone is 2. The molecule has 19 heavy (non-hydrogen) atoms. The first-order chi connectivity index (χ1) is 9.02. The van der Waals surface area contributed by atoms with E-state index in [2.05, 4.69) is 11.9 Å². The fourth-order valence-electron chi connectivity index (χ4n) is 1.39. The molecule has 2 N–H and O–H groups in total. The Morgan fingerprint density at radius 3 is 2.79 bits per heavy atom. The number of aliphatic hydroxyl groups excluding tert-OH is 1. The molecule has 1 aromatic rings. The highest BCUT2D eigenvalue weighted by molar-refractivity contribution is 6.42. The molecule has 1 aromatic carbocycles. The quantitative estimate of drug-likeness (QED) is 0.794. The molecule has 0 fully saturated rings. The van der Waals surface area contributed by atoms with Crippen LogP contribution in [0.5, 0.6) is 0 Å². The molecule has 0 aliphatic carbocycles. The van der Waals surface area contributed by atoms with E-state index in [1.54, 1.807) is 36.4 Å². The number of hydrogen-bond acceptors (Lipinski definition) is 2. The van der Waals surface area contributed by atoms with Gasteiger partial charge in [-0.05, 0) is 17.7 Å². The van der Waals surface area contributed by atoms with Crippen LogP contribution in [0, 0.1) is 0 Å². The highest BCUT2D eigenvalue weighted by Gasteiger charge is 2.07. The van der Waals surface area contributed by atoms with Crippen LogP contribution in [0.1, 0.15) is 5.56 Å². The lowest BCUT2D eigenvalue weighted by atomic mass is 10.1. The average Bonchev–Trinajstić information content (AvgIpc) is 2.38. The fourth-order valence-corrected chi connectivity index (χ4v) is 1.71. The molecule has 1 amide bonds. The van der Waals surface area contributed by atoms with Crippen LogP contribution in [-0.4, -0.2) is 23.7 Å². The van der Waals surface area contributed by atoms with Gasteiger partial charge in [0, 0.05) is 6.54 Å². The minimum absolute atomic E-state index is 0.157. The van der Waals surface area contributed by atoms with Crippen LogP contribution < -0.4 is 5.32 Å². The van der Waals surface area contributed by atoms with E-state index in [1.165, 1.54) is 0 Å². The number of carbonyl (C=O) groups excluding carboxylic acids is 1. The van der Waals surface area contributed by atoms with E-state index >= 15 is 0 Å². The SMILES string of the molecule is C=C/C=C/C(O)CNC(=O)Cc1ccc(Cl)c(Cl)c1. The Bertz CT molecular complexity index is 486. The van der Waals surface area contributed by atoms with E-state index in [0.717, 1.165) is 5.56 Å². The Kier molecular flexibility index (Phi) is 6.64. The second kappa shape index (κ2) is 8.00. The summed E-state index contributed by atoms with van der Waals surface area (Å²) in [4.78, 5) is 11.6. The van der Waals surface area contributed by atoms with Gasteiger partial charge in [-0.15, -0.1) is 0 Å². The van der Waals surface area contributed by atoms with Crippen molar-refractivity contribution >= 4 is 29.1 Å². The molecule has 0 spiro atoms. The van der Waals surface area contributed by atoms with Gasteiger partial charge < -0.3 is 10.4 Å². The van der Waals surface area contributed by atoms with Crippen molar-refractivity contribution in [2.75, 3.05) is 6.54 Å². The third-order valence-corrected chi connectivity index (χ3v) is 3.07. The predicted molar refractivity (Wildman–Crippen MR) is 78.5 cm³/mol. The fraction of sp³-hybridized carbons (Fsp3) is 0.214. The molecule has 1 unspecified atom stereocenters. The van der Waals surface area contributed by atoms with E-state index in [1.807, 2.05) is 0 Å². The van der Waals surface area contributed by atoms with E-state index in [0.29, 0.717) is 10.0 Å². The van der Waals surface area contributed by atoms with E-state index in [4.69, 9.17) is 23.2 Å². The van der Waals surface area contributed by atoms with Gasteiger partial charge in [0.05, 0.1) is 22.6 Å². The van der Waals surface area contributed by atoms with Crippen LogP contribution in [0.15, 0.2) is 43.0 Å². The maximum atomic E-state index is 11.6. The summed E-state index contributed by atoms with van der Waals surface area (Å²) >= 11 is 11.6. The first-order valence-electron chi connectivity index (χ1n) is 5.71. The van der Waals surface area contributed by atoms with Crippen molar-refractivity contribution in [3.63, 3.8) is 0 Å². The summed E-state index contributed by atoms with van der Waals surface area (Å²) in [7, 11) is 0. The number of benzene rings is 1. The van der Waals surface area contributed by atoms with Crippen molar-refractivity contribution in [1.82, 2.24) is 5.32 Å². The monoisotopic (exact) mass is 299 g/mol. The van der Waals surface area contributed by atoms with Crippen LogP contribution in [-0.2, 0) is 11.2 Å². The summed E-state index contributed by atoms with van der Waals surface area (Å²) in [5.74, 6) is -0.190. The molecular weight excluding hydrogens is 285 g/mol. The lowest BCUT2D eigenvalue weighted by molar-refractivity contribution is -0.120. The van der Waals surface area contributed by atoms with Gasteiger partial charge in [0.1, 0.15) is 0 Å². The maximum absolute atomic E-state index is 11.6. The first kappa shape index (κ1) is 15.8. The number of carbonyl (C=O) groups is 1. The molecule has 0 aromatic heterocycles. The summed E-state index contributed by atoms with van der Waals surface area (Å²) < 4.78 is 0. The minimum atomic E-state index is -0.726. The second-order valence-electron chi connectivity index (χ2n) is 3.92. The molecule has 1 rings (SSSR count). The third kappa shape index (κ3) is 5.92. The molecular formula is C14H15Cl2NO2. The Labute approximate surface area is 122 Å². The molecule has 3 nitrogen and oxygen atoms in total. The van der Waals surface area contributed by atoms with Crippen molar-refractivity contribution in [3.8, 4) is 0 Å². The Hall–Kier alpha value is -1.29. The maximum Gasteiger partial charge on any atom is 0.224 e. The highest BCUT2D eigenvalue weighted by Crippen LogP contribution is 2.22. The van der Waals surface area contributed by atoms with Crippen molar-refractivity contribution in [2.24, 2.45) is 0 Å². The topological polar surface area (TPSA) is 49.3 Å². The van der Waals surface area contributed by atoms with Crippen molar-refractivity contribution in [3.05, 3.63) is 58.6 Å². The van der Waals surface area contributed by atoms with Gasteiger partial charge in [-0.3, -0.25) is 4.79 Å². The van der Waals surface area contributed by atoms with Crippen LogP contribution in [0.4, 0.5) is 0 Å². The third-order valence-electron chi connectivity index (χ3n) is 2.33. The predicted octanol–water partition coefficient (Wildman–Crippen LogP) is 2.76. The summed E-state index contributed by atoms with van der Waals surface area (Å²) in [5, 5.41) is 13.0. The van der Waals surface area contributed by atoms with Crippen molar-refractivity contribution in [1.29, 1.82) is 0 Å². The number of aliphatic hydroxyl groups is 1.